The van der Waals surface area contributed by atoms with Gasteiger partial charge < -0.3 is 10.8 Å². The summed E-state index contributed by atoms with van der Waals surface area (Å²) in [7, 11) is 0. The predicted molar refractivity (Wildman–Crippen MR) is 89.3 cm³/mol. The van der Waals surface area contributed by atoms with Crippen LogP contribution in [0, 0.1) is 10.1 Å². The number of fused-ring (bicyclic) bond motifs is 1. The molecule has 0 fully saturated rings. The number of hydrogen-bond donors (Lipinski definition) is 1. The second-order valence-corrected chi connectivity index (χ2v) is 6.58. The van der Waals surface area contributed by atoms with Crippen molar-refractivity contribution >= 4 is 34.1 Å². The zero-order valence-electron chi connectivity index (χ0n) is 12.7. The lowest BCUT2D eigenvalue weighted by molar-refractivity contribution is -0.398. The molecule has 0 saturated carbocycles. The van der Waals surface area contributed by atoms with Crippen LogP contribution in [0.25, 0.3) is 0 Å². The average Bonchev–Trinajstić information content (AvgIpc) is 2.92. The van der Waals surface area contributed by atoms with Gasteiger partial charge in [0.25, 0.3) is 11.6 Å². The summed E-state index contributed by atoms with van der Waals surface area (Å²) in [5.74, 6) is -1.16. The molecule has 124 valence electrons. The van der Waals surface area contributed by atoms with E-state index >= 15 is 0 Å². The highest BCUT2D eigenvalue weighted by Gasteiger charge is 2.23. The molecule has 2 N–H and O–H groups in total. The van der Waals surface area contributed by atoms with Gasteiger partial charge in [-0.15, -0.1) is 11.3 Å². The van der Waals surface area contributed by atoms with Crippen molar-refractivity contribution in [2.24, 2.45) is 10.7 Å². The fourth-order valence-electron chi connectivity index (χ4n) is 2.79. The molecule has 1 aromatic carbocycles. The number of nitro groups is 1. The molecule has 2 aromatic rings. The molecule has 0 saturated heterocycles. The quantitative estimate of drug-likeness (QED) is 0.520. The minimum atomic E-state index is -0.724. The van der Waals surface area contributed by atoms with Crippen molar-refractivity contribution < 1.29 is 14.8 Å². The van der Waals surface area contributed by atoms with Crippen molar-refractivity contribution in [3.8, 4) is 5.75 Å². The van der Waals surface area contributed by atoms with Gasteiger partial charge in [0.2, 0.25) is 0 Å². The van der Waals surface area contributed by atoms with Crippen LogP contribution in [0.3, 0.4) is 0 Å². The molecule has 1 amide bonds. The Kier molecular flexibility index (Phi) is 4.30. The third-order valence-electron chi connectivity index (χ3n) is 3.91. The van der Waals surface area contributed by atoms with Gasteiger partial charge >= 0.3 is 0 Å². The number of rotatable bonds is 4. The minimum absolute atomic E-state index is 0.420. The summed E-state index contributed by atoms with van der Waals surface area (Å²) in [6.45, 7) is 0. The Balaban J connectivity index is 1.98. The number of aliphatic imine (C=N–C) groups is 1. The van der Waals surface area contributed by atoms with E-state index in [2.05, 4.69) is 4.99 Å². The molecule has 0 unspecified atom stereocenters. The van der Waals surface area contributed by atoms with Gasteiger partial charge in [0.05, 0.1) is 10.5 Å². The summed E-state index contributed by atoms with van der Waals surface area (Å²) in [6, 6.07) is 3.76. The number of nitro benzene ring substituents is 1. The van der Waals surface area contributed by atoms with Crippen molar-refractivity contribution in [2.75, 3.05) is 0 Å². The minimum Gasteiger partial charge on any atom is -0.868 e. The molecule has 1 heterocycles. The van der Waals surface area contributed by atoms with E-state index in [0.717, 1.165) is 42.2 Å². The van der Waals surface area contributed by atoms with E-state index in [4.69, 9.17) is 5.73 Å². The maximum atomic E-state index is 11.8. The molecule has 1 aliphatic carbocycles. The van der Waals surface area contributed by atoms with Crippen LogP contribution in [0.5, 0.6) is 5.75 Å². The molecule has 7 nitrogen and oxygen atoms in total. The summed E-state index contributed by atoms with van der Waals surface area (Å²) >= 11 is 1.43. The summed E-state index contributed by atoms with van der Waals surface area (Å²) in [6.07, 6.45) is 5.23. The van der Waals surface area contributed by atoms with Crippen LogP contribution in [0.4, 0.5) is 10.7 Å². The van der Waals surface area contributed by atoms with Gasteiger partial charge in [0.15, 0.2) is 0 Å². The number of benzene rings is 1. The monoisotopic (exact) mass is 344 g/mol. The zero-order valence-corrected chi connectivity index (χ0v) is 13.5. The fraction of sp³-hybridized carbons (Fsp3) is 0.250. The molecular weight excluding hydrogens is 330 g/mol. The molecule has 24 heavy (non-hydrogen) atoms. The third-order valence-corrected chi connectivity index (χ3v) is 5.11. The molecule has 1 aliphatic rings. The highest BCUT2D eigenvalue weighted by molar-refractivity contribution is 7.16. The molecular formula is C16H14N3O4S-. The first kappa shape index (κ1) is 16.1. The van der Waals surface area contributed by atoms with Crippen molar-refractivity contribution in [2.45, 2.75) is 25.7 Å². The zero-order chi connectivity index (χ0) is 17.3. The predicted octanol–water partition coefficient (Wildman–Crippen LogP) is 2.46. The van der Waals surface area contributed by atoms with Gasteiger partial charge in [-0.05, 0) is 42.6 Å². The largest absolute Gasteiger partial charge is 0.868 e. The number of hydrogen-bond acceptors (Lipinski definition) is 6. The molecule has 0 spiro atoms. The number of primary amides is 1. The Morgan fingerprint density at radius 1 is 1.33 bits per heavy atom. The van der Waals surface area contributed by atoms with E-state index in [-0.39, 0.29) is 0 Å². The first-order chi connectivity index (χ1) is 11.5. The van der Waals surface area contributed by atoms with Crippen LogP contribution >= 0.6 is 11.3 Å². The first-order valence-corrected chi connectivity index (χ1v) is 8.23. The third kappa shape index (κ3) is 3.00. The van der Waals surface area contributed by atoms with Crippen LogP contribution in [-0.2, 0) is 12.8 Å². The maximum Gasteiger partial charge on any atom is 0.262 e. The van der Waals surface area contributed by atoms with Gasteiger partial charge in [-0.25, -0.2) is 4.99 Å². The lowest BCUT2D eigenvalue weighted by atomic mass is 9.95. The average molecular weight is 344 g/mol. The second-order valence-electron chi connectivity index (χ2n) is 5.50. The summed E-state index contributed by atoms with van der Waals surface area (Å²) in [5, 5.41) is 22.8. The molecule has 0 aliphatic heterocycles. The van der Waals surface area contributed by atoms with E-state index in [9.17, 15) is 20.0 Å². The smallest absolute Gasteiger partial charge is 0.262 e. The SMILES string of the molecule is NC(=O)c1c(N=Cc2ccc([O-])c([N+](=O)[O-])c2)sc2c1CCCC2. The van der Waals surface area contributed by atoms with E-state index in [1.54, 1.807) is 0 Å². The molecule has 0 atom stereocenters. The van der Waals surface area contributed by atoms with E-state index in [0.29, 0.717) is 16.1 Å². The Labute approximate surface area is 141 Å². The fourth-order valence-corrected chi connectivity index (χ4v) is 4.03. The molecule has 0 radical (unpaired) electrons. The second kappa shape index (κ2) is 6.40. The van der Waals surface area contributed by atoms with Gasteiger partial charge in [-0.3, -0.25) is 14.9 Å². The Morgan fingerprint density at radius 2 is 2.08 bits per heavy atom. The van der Waals surface area contributed by atoms with E-state index < -0.39 is 22.3 Å². The van der Waals surface area contributed by atoms with E-state index in [1.165, 1.54) is 29.7 Å². The highest BCUT2D eigenvalue weighted by Crippen LogP contribution is 2.39. The number of nitrogens with zero attached hydrogens (tertiary/aromatic N) is 2. The van der Waals surface area contributed by atoms with Crippen LogP contribution in [0.15, 0.2) is 23.2 Å². The number of carbonyl (C=O) groups is 1. The van der Waals surface area contributed by atoms with Gasteiger partial charge in [-0.2, -0.15) is 0 Å². The van der Waals surface area contributed by atoms with Gasteiger partial charge in [0.1, 0.15) is 5.00 Å². The maximum absolute atomic E-state index is 11.8. The standard InChI is InChI=1S/C16H15N3O4S/c17-15(21)14-10-3-1-2-4-13(10)24-16(14)18-8-9-5-6-12(20)11(7-9)19(22)23/h5-8,20H,1-4H2,(H2,17,21)/p-1. The molecule has 8 heteroatoms. The number of carbonyl (C=O) groups excluding carboxylic acids is 1. The topological polar surface area (TPSA) is 122 Å². The molecule has 0 bridgehead atoms. The first-order valence-electron chi connectivity index (χ1n) is 7.41. The van der Waals surface area contributed by atoms with Gasteiger partial charge in [0, 0.05) is 17.2 Å². The van der Waals surface area contributed by atoms with Crippen molar-refractivity contribution in [1.29, 1.82) is 0 Å². The summed E-state index contributed by atoms with van der Waals surface area (Å²) in [4.78, 5) is 27.3. The number of aryl methyl sites for hydroxylation is 1. The Morgan fingerprint density at radius 3 is 2.79 bits per heavy atom. The van der Waals surface area contributed by atoms with Crippen molar-refractivity contribution in [3.63, 3.8) is 0 Å². The molecule has 1 aromatic heterocycles. The summed E-state index contributed by atoms with van der Waals surface area (Å²) < 4.78 is 0. The highest BCUT2D eigenvalue weighted by atomic mass is 32.1. The van der Waals surface area contributed by atoms with Crippen molar-refractivity contribution in [1.82, 2.24) is 0 Å². The van der Waals surface area contributed by atoms with Crippen molar-refractivity contribution in [3.05, 3.63) is 49.9 Å². The Bertz CT molecular complexity index is 857. The Hall–Kier alpha value is -2.74. The normalized spacial score (nSPS) is 13.8. The number of thiophene rings is 1. The number of nitrogens with two attached hydrogens (primary N) is 1. The summed E-state index contributed by atoms with van der Waals surface area (Å²) in [5.41, 5.74) is 6.84. The lowest BCUT2D eigenvalue weighted by Crippen LogP contribution is -2.14. The van der Waals surface area contributed by atoms with Crippen LogP contribution in [0.2, 0.25) is 0 Å². The van der Waals surface area contributed by atoms with E-state index in [1.807, 2.05) is 0 Å². The molecule has 3 rings (SSSR count). The lowest BCUT2D eigenvalue weighted by Gasteiger charge is -2.10. The number of amides is 1. The van der Waals surface area contributed by atoms with Crippen LogP contribution < -0.4 is 10.8 Å². The van der Waals surface area contributed by atoms with Gasteiger partial charge in [-0.1, -0.05) is 12.1 Å². The van der Waals surface area contributed by atoms with Crippen LogP contribution in [-0.4, -0.2) is 17.0 Å². The van der Waals surface area contributed by atoms with Crippen LogP contribution in [0.1, 0.15) is 39.2 Å².